The zero-order valence-corrected chi connectivity index (χ0v) is 13.8. The Hall–Kier alpha value is -0.860. The zero-order valence-electron chi connectivity index (χ0n) is 13.8. The van der Waals surface area contributed by atoms with Gasteiger partial charge in [-0.3, -0.25) is 0 Å². The highest BCUT2D eigenvalue weighted by Crippen LogP contribution is 2.23. The summed E-state index contributed by atoms with van der Waals surface area (Å²) < 4.78 is 12.1. The summed E-state index contributed by atoms with van der Waals surface area (Å²) in [7, 11) is 0. The van der Waals surface area contributed by atoms with Crippen LogP contribution in [0.4, 0.5) is 0 Å². The maximum atomic E-state index is 6.03. The second-order valence-electron chi connectivity index (χ2n) is 6.96. The van der Waals surface area contributed by atoms with Crippen LogP contribution in [0, 0.1) is 0 Å². The highest BCUT2D eigenvalue weighted by Gasteiger charge is 2.14. The number of rotatable bonds is 6. The smallest absolute Gasteiger partial charge is 0.0720 e. The van der Waals surface area contributed by atoms with Gasteiger partial charge in [-0.25, -0.2) is 0 Å². The van der Waals surface area contributed by atoms with Crippen molar-refractivity contribution in [1.29, 1.82) is 0 Å². The molecule has 0 atom stereocenters. The fourth-order valence-electron chi connectivity index (χ4n) is 3.62. The predicted molar refractivity (Wildman–Crippen MR) is 89.8 cm³/mol. The van der Waals surface area contributed by atoms with E-state index < -0.39 is 0 Å². The lowest BCUT2D eigenvalue weighted by Crippen LogP contribution is -2.16. The van der Waals surface area contributed by atoms with E-state index in [1.165, 1.54) is 75.3 Å². The van der Waals surface area contributed by atoms with Gasteiger partial charge >= 0.3 is 0 Å². The van der Waals surface area contributed by atoms with E-state index in [0.717, 1.165) is 13.2 Å². The van der Waals surface area contributed by atoms with Crippen LogP contribution in [0.2, 0.25) is 0 Å². The van der Waals surface area contributed by atoms with Crippen molar-refractivity contribution in [3.8, 4) is 0 Å². The molecule has 0 N–H and O–H groups in total. The molecule has 0 amide bonds. The van der Waals surface area contributed by atoms with E-state index in [1.807, 2.05) is 0 Å². The number of benzene rings is 1. The summed E-state index contributed by atoms with van der Waals surface area (Å²) in [6, 6.07) is 8.79. The van der Waals surface area contributed by atoms with Gasteiger partial charge in [-0.15, -0.1) is 0 Å². The molecule has 0 spiro atoms. The standard InChI is InChI=1S/C20H30O2/c1-3-7-19(8-4-1)21-15-17-11-13-18(14-12-17)16-22-20-9-5-2-6-10-20/h11-14,19-20H,1-10,15-16H2. The monoisotopic (exact) mass is 302 g/mol. The minimum Gasteiger partial charge on any atom is -0.374 e. The highest BCUT2D eigenvalue weighted by atomic mass is 16.5. The van der Waals surface area contributed by atoms with Gasteiger partial charge < -0.3 is 9.47 Å². The van der Waals surface area contributed by atoms with Crippen molar-refractivity contribution in [2.45, 2.75) is 89.6 Å². The number of ether oxygens (including phenoxy) is 2. The van der Waals surface area contributed by atoms with Gasteiger partial charge in [0, 0.05) is 0 Å². The average molecular weight is 302 g/mol. The van der Waals surface area contributed by atoms with Gasteiger partial charge in [-0.1, -0.05) is 62.8 Å². The van der Waals surface area contributed by atoms with Gasteiger partial charge in [0.1, 0.15) is 0 Å². The van der Waals surface area contributed by atoms with Gasteiger partial charge in [0.25, 0.3) is 0 Å². The van der Waals surface area contributed by atoms with Crippen LogP contribution >= 0.6 is 0 Å². The Morgan fingerprint density at radius 3 is 1.32 bits per heavy atom. The third-order valence-corrected chi connectivity index (χ3v) is 5.10. The summed E-state index contributed by atoms with van der Waals surface area (Å²) in [5, 5.41) is 0. The quantitative estimate of drug-likeness (QED) is 0.702. The first-order valence-electron chi connectivity index (χ1n) is 9.21. The first kappa shape index (κ1) is 16.0. The van der Waals surface area contributed by atoms with Crippen LogP contribution in [-0.2, 0) is 22.7 Å². The molecule has 2 nitrogen and oxygen atoms in total. The van der Waals surface area contributed by atoms with Crippen molar-refractivity contribution in [1.82, 2.24) is 0 Å². The van der Waals surface area contributed by atoms with Crippen LogP contribution < -0.4 is 0 Å². The van der Waals surface area contributed by atoms with E-state index in [4.69, 9.17) is 9.47 Å². The van der Waals surface area contributed by atoms with E-state index in [2.05, 4.69) is 24.3 Å². The molecule has 1 aromatic carbocycles. The largest absolute Gasteiger partial charge is 0.374 e. The van der Waals surface area contributed by atoms with Crippen LogP contribution in [0.1, 0.15) is 75.3 Å². The maximum absolute atomic E-state index is 6.03. The summed E-state index contributed by atoms with van der Waals surface area (Å²) in [4.78, 5) is 0. The van der Waals surface area contributed by atoms with Crippen LogP contribution in [0.3, 0.4) is 0 Å². The lowest BCUT2D eigenvalue weighted by Gasteiger charge is -2.22. The predicted octanol–water partition coefficient (Wildman–Crippen LogP) is 5.39. The molecule has 2 heteroatoms. The first-order valence-corrected chi connectivity index (χ1v) is 9.21. The maximum Gasteiger partial charge on any atom is 0.0720 e. The minimum absolute atomic E-state index is 0.489. The molecule has 0 unspecified atom stereocenters. The molecule has 0 radical (unpaired) electrons. The Morgan fingerprint density at radius 1 is 0.591 bits per heavy atom. The Morgan fingerprint density at radius 2 is 0.955 bits per heavy atom. The SMILES string of the molecule is c1cc(COC2CCCCC2)ccc1COC1CCCCC1. The normalized spacial score (nSPS) is 21.1. The second-order valence-corrected chi connectivity index (χ2v) is 6.96. The van der Waals surface area contributed by atoms with Gasteiger partial charge in [-0.2, -0.15) is 0 Å². The molecular weight excluding hydrogens is 272 g/mol. The molecule has 2 aliphatic rings. The molecule has 0 heterocycles. The molecule has 2 saturated carbocycles. The van der Waals surface area contributed by atoms with E-state index in [1.54, 1.807) is 0 Å². The average Bonchev–Trinajstić information content (AvgIpc) is 2.61. The summed E-state index contributed by atoms with van der Waals surface area (Å²) >= 11 is 0. The lowest BCUT2D eigenvalue weighted by molar-refractivity contribution is 0.0155. The highest BCUT2D eigenvalue weighted by molar-refractivity contribution is 5.21. The van der Waals surface area contributed by atoms with Crippen molar-refractivity contribution in [2.75, 3.05) is 0 Å². The first-order chi connectivity index (χ1) is 10.9. The van der Waals surface area contributed by atoms with Gasteiger partial charge in [0.2, 0.25) is 0 Å². The molecule has 3 rings (SSSR count). The van der Waals surface area contributed by atoms with Crippen molar-refractivity contribution in [3.05, 3.63) is 35.4 Å². The van der Waals surface area contributed by atoms with Crippen LogP contribution in [-0.4, -0.2) is 12.2 Å². The third-order valence-electron chi connectivity index (χ3n) is 5.10. The Kier molecular flexibility index (Phi) is 6.32. The minimum atomic E-state index is 0.489. The topological polar surface area (TPSA) is 18.5 Å². The fraction of sp³-hybridized carbons (Fsp3) is 0.700. The van der Waals surface area contributed by atoms with Crippen molar-refractivity contribution in [2.24, 2.45) is 0 Å². The van der Waals surface area contributed by atoms with Crippen LogP contribution in [0.15, 0.2) is 24.3 Å². The van der Waals surface area contributed by atoms with Crippen molar-refractivity contribution in [3.63, 3.8) is 0 Å². The number of hydrogen-bond donors (Lipinski definition) is 0. The molecule has 22 heavy (non-hydrogen) atoms. The lowest BCUT2D eigenvalue weighted by atomic mass is 9.98. The number of hydrogen-bond acceptors (Lipinski definition) is 2. The summed E-state index contributed by atoms with van der Waals surface area (Å²) in [5.74, 6) is 0. The van der Waals surface area contributed by atoms with E-state index in [-0.39, 0.29) is 0 Å². The zero-order chi connectivity index (χ0) is 15.0. The van der Waals surface area contributed by atoms with Crippen LogP contribution in [0.25, 0.3) is 0 Å². The van der Waals surface area contributed by atoms with E-state index >= 15 is 0 Å². The Labute approximate surface area is 135 Å². The van der Waals surface area contributed by atoms with E-state index in [9.17, 15) is 0 Å². The molecule has 0 saturated heterocycles. The molecule has 0 aliphatic heterocycles. The van der Waals surface area contributed by atoms with Gasteiger partial charge in [0.05, 0.1) is 25.4 Å². The van der Waals surface area contributed by atoms with Crippen molar-refractivity contribution < 1.29 is 9.47 Å². The summed E-state index contributed by atoms with van der Waals surface area (Å²) in [5.41, 5.74) is 2.57. The molecule has 1 aromatic rings. The van der Waals surface area contributed by atoms with Crippen LogP contribution in [0.5, 0.6) is 0 Å². The Bertz CT molecular complexity index is 373. The molecule has 2 aliphatic carbocycles. The molecule has 0 aromatic heterocycles. The molecule has 2 fully saturated rings. The molecule has 0 bridgehead atoms. The Balaban J connectivity index is 1.39. The van der Waals surface area contributed by atoms with Gasteiger partial charge in [0.15, 0.2) is 0 Å². The third kappa shape index (κ3) is 5.10. The molecular formula is C20H30O2. The van der Waals surface area contributed by atoms with Crippen molar-refractivity contribution >= 4 is 0 Å². The summed E-state index contributed by atoms with van der Waals surface area (Å²) in [6.45, 7) is 1.52. The van der Waals surface area contributed by atoms with Gasteiger partial charge in [-0.05, 0) is 36.8 Å². The van der Waals surface area contributed by atoms with E-state index in [0.29, 0.717) is 12.2 Å². The second kappa shape index (κ2) is 8.69. The molecule has 122 valence electrons. The summed E-state index contributed by atoms with van der Waals surface area (Å²) in [6.07, 6.45) is 14.1. The fourth-order valence-corrected chi connectivity index (χ4v) is 3.62.